The Morgan fingerprint density at radius 1 is 1.33 bits per heavy atom. The lowest BCUT2D eigenvalue weighted by Crippen LogP contribution is -2.33. The molecular formula is C16H22ClN3O. The molecule has 1 aromatic carbocycles. The van der Waals surface area contributed by atoms with Crippen LogP contribution in [0.1, 0.15) is 19.3 Å². The van der Waals surface area contributed by atoms with Gasteiger partial charge in [-0.1, -0.05) is 17.7 Å². The van der Waals surface area contributed by atoms with Crippen LogP contribution in [0.25, 0.3) is 0 Å². The van der Waals surface area contributed by atoms with Gasteiger partial charge in [-0.3, -0.25) is 4.79 Å². The molecule has 0 spiro atoms. The fourth-order valence-electron chi connectivity index (χ4n) is 2.96. The van der Waals surface area contributed by atoms with Gasteiger partial charge in [-0.05, 0) is 56.5 Å². The Balaban J connectivity index is 1.34. The average Bonchev–Trinajstić information content (AvgIpc) is 3.19. The number of carbonyl (C=O) groups excluding carboxylic acids is 1. The summed E-state index contributed by atoms with van der Waals surface area (Å²) in [6, 6.07) is 8.08. The molecule has 5 heteroatoms. The normalized spacial score (nSPS) is 22.4. The van der Waals surface area contributed by atoms with Gasteiger partial charge in [-0.2, -0.15) is 0 Å². The van der Waals surface area contributed by atoms with E-state index in [1.165, 1.54) is 32.4 Å². The third-order valence-corrected chi connectivity index (χ3v) is 4.44. The van der Waals surface area contributed by atoms with E-state index < -0.39 is 0 Å². The zero-order valence-corrected chi connectivity index (χ0v) is 12.9. The summed E-state index contributed by atoms with van der Waals surface area (Å²) in [4.78, 5) is 14.4. The first-order valence-electron chi connectivity index (χ1n) is 7.71. The maximum Gasteiger partial charge on any atom is 0.238 e. The van der Waals surface area contributed by atoms with E-state index in [2.05, 4.69) is 15.5 Å². The fourth-order valence-corrected chi connectivity index (χ4v) is 3.15. The highest BCUT2D eigenvalue weighted by Crippen LogP contribution is 2.31. The van der Waals surface area contributed by atoms with Gasteiger partial charge in [0.05, 0.1) is 6.54 Å². The maximum atomic E-state index is 11.9. The second kappa shape index (κ2) is 6.77. The van der Waals surface area contributed by atoms with Crippen LogP contribution in [0.2, 0.25) is 5.02 Å². The zero-order valence-electron chi connectivity index (χ0n) is 12.1. The van der Waals surface area contributed by atoms with Crippen molar-refractivity contribution >= 4 is 23.2 Å². The zero-order chi connectivity index (χ0) is 14.7. The highest BCUT2D eigenvalue weighted by Gasteiger charge is 2.33. The van der Waals surface area contributed by atoms with Crippen molar-refractivity contribution in [2.75, 3.05) is 31.5 Å². The van der Waals surface area contributed by atoms with Crippen LogP contribution in [-0.4, -0.2) is 43.0 Å². The molecule has 1 saturated heterocycles. The van der Waals surface area contributed by atoms with Gasteiger partial charge < -0.3 is 15.5 Å². The Morgan fingerprint density at radius 3 is 2.95 bits per heavy atom. The molecule has 4 nitrogen and oxygen atoms in total. The molecule has 1 aliphatic carbocycles. The van der Waals surface area contributed by atoms with Gasteiger partial charge in [-0.15, -0.1) is 0 Å². The lowest BCUT2D eigenvalue weighted by Gasteiger charge is -2.15. The molecule has 3 rings (SSSR count). The molecule has 0 radical (unpaired) electrons. The molecule has 1 amide bonds. The second-order valence-corrected chi connectivity index (χ2v) is 6.51. The predicted molar refractivity (Wildman–Crippen MR) is 85.7 cm³/mol. The first kappa shape index (κ1) is 14.8. The molecule has 0 aromatic heterocycles. The van der Waals surface area contributed by atoms with E-state index in [4.69, 9.17) is 11.6 Å². The van der Waals surface area contributed by atoms with Gasteiger partial charge in [-0.25, -0.2) is 0 Å². The first-order valence-corrected chi connectivity index (χ1v) is 8.08. The number of nitrogens with one attached hydrogen (secondary N) is 2. The lowest BCUT2D eigenvalue weighted by molar-refractivity contribution is -0.115. The van der Waals surface area contributed by atoms with E-state index in [1.54, 1.807) is 12.1 Å². The van der Waals surface area contributed by atoms with Crippen molar-refractivity contribution in [2.24, 2.45) is 5.92 Å². The summed E-state index contributed by atoms with van der Waals surface area (Å²) in [5, 5.41) is 6.75. The summed E-state index contributed by atoms with van der Waals surface area (Å²) in [7, 11) is 0. The first-order chi connectivity index (χ1) is 10.2. The van der Waals surface area contributed by atoms with Gasteiger partial charge >= 0.3 is 0 Å². The number of nitrogens with zero attached hydrogens (tertiary/aromatic N) is 1. The molecule has 21 heavy (non-hydrogen) atoms. The fraction of sp³-hybridized carbons (Fsp3) is 0.562. The average molecular weight is 308 g/mol. The number of halogens is 1. The molecule has 2 N–H and O–H groups in total. The van der Waals surface area contributed by atoms with Crippen molar-refractivity contribution in [1.82, 2.24) is 10.2 Å². The number of benzene rings is 1. The molecule has 1 saturated carbocycles. The standard InChI is InChI=1S/C16H22ClN3O/c17-13-2-1-3-14(8-13)19-16(21)10-18-9-12-6-7-20(11-12)15-4-5-15/h1-3,8,12,15,18H,4-7,9-11H2,(H,19,21). The van der Waals surface area contributed by atoms with Crippen molar-refractivity contribution in [2.45, 2.75) is 25.3 Å². The van der Waals surface area contributed by atoms with Crippen LogP contribution >= 0.6 is 11.6 Å². The third-order valence-electron chi connectivity index (χ3n) is 4.21. The van der Waals surface area contributed by atoms with Crippen LogP contribution < -0.4 is 10.6 Å². The minimum atomic E-state index is -0.0192. The maximum absolute atomic E-state index is 11.9. The van der Waals surface area contributed by atoms with Gasteiger partial charge in [0, 0.05) is 23.3 Å². The van der Waals surface area contributed by atoms with Crippen LogP contribution in [0.3, 0.4) is 0 Å². The van der Waals surface area contributed by atoms with Crippen LogP contribution in [0.5, 0.6) is 0 Å². The molecule has 1 aliphatic heterocycles. The third kappa shape index (κ3) is 4.43. The lowest BCUT2D eigenvalue weighted by atomic mass is 10.1. The Hall–Kier alpha value is -1.10. The minimum Gasteiger partial charge on any atom is -0.325 e. The number of likely N-dealkylation sites (tertiary alicyclic amines) is 1. The predicted octanol–water partition coefficient (Wildman–Crippen LogP) is 2.35. The van der Waals surface area contributed by atoms with E-state index in [9.17, 15) is 4.79 Å². The number of carbonyl (C=O) groups is 1. The van der Waals surface area contributed by atoms with E-state index in [0.717, 1.165) is 18.3 Å². The number of amides is 1. The molecule has 0 bridgehead atoms. The Bertz CT molecular complexity index is 504. The number of hydrogen-bond acceptors (Lipinski definition) is 3. The highest BCUT2D eigenvalue weighted by atomic mass is 35.5. The van der Waals surface area contributed by atoms with Gasteiger partial charge in [0.1, 0.15) is 0 Å². The summed E-state index contributed by atoms with van der Waals surface area (Å²) in [6.45, 7) is 3.69. The van der Waals surface area contributed by atoms with Gasteiger partial charge in [0.2, 0.25) is 5.91 Å². The second-order valence-electron chi connectivity index (χ2n) is 6.07. The van der Waals surface area contributed by atoms with Crippen molar-refractivity contribution < 1.29 is 4.79 Å². The molecule has 2 fully saturated rings. The van der Waals surface area contributed by atoms with Crippen molar-refractivity contribution in [3.8, 4) is 0 Å². The van der Waals surface area contributed by atoms with E-state index in [-0.39, 0.29) is 5.91 Å². The molecule has 1 aromatic rings. The van der Waals surface area contributed by atoms with E-state index in [0.29, 0.717) is 17.5 Å². The Labute approximate surface area is 130 Å². The highest BCUT2D eigenvalue weighted by molar-refractivity contribution is 6.30. The molecule has 114 valence electrons. The van der Waals surface area contributed by atoms with Crippen molar-refractivity contribution in [3.05, 3.63) is 29.3 Å². The van der Waals surface area contributed by atoms with Crippen LogP contribution in [-0.2, 0) is 4.79 Å². The summed E-state index contributed by atoms with van der Waals surface area (Å²) < 4.78 is 0. The summed E-state index contributed by atoms with van der Waals surface area (Å²) in [5.41, 5.74) is 0.745. The Morgan fingerprint density at radius 2 is 2.19 bits per heavy atom. The van der Waals surface area contributed by atoms with Crippen LogP contribution in [0, 0.1) is 5.92 Å². The minimum absolute atomic E-state index is 0.0192. The largest absolute Gasteiger partial charge is 0.325 e. The van der Waals surface area contributed by atoms with Crippen LogP contribution in [0.4, 0.5) is 5.69 Å². The molecule has 2 aliphatic rings. The smallest absolute Gasteiger partial charge is 0.238 e. The van der Waals surface area contributed by atoms with Crippen LogP contribution in [0.15, 0.2) is 24.3 Å². The number of hydrogen-bond donors (Lipinski definition) is 2. The monoisotopic (exact) mass is 307 g/mol. The quantitative estimate of drug-likeness (QED) is 0.848. The van der Waals surface area contributed by atoms with Gasteiger partial charge in [0.25, 0.3) is 0 Å². The van der Waals surface area contributed by atoms with E-state index in [1.807, 2.05) is 12.1 Å². The summed E-state index contributed by atoms with van der Waals surface area (Å²) in [6.07, 6.45) is 4.00. The summed E-state index contributed by atoms with van der Waals surface area (Å²) >= 11 is 5.89. The Kier molecular flexibility index (Phi) is 4.78. The molecular weight excluding hydrogens is 286 g/mol. The van der Waals surface area contributed by atoms with Crippen molar-refractivity contribution in [1.29, 1.82) is 0 Å². The molecule has 1 atom stereocenters. The summed E-state index contributed by atoms with van der Waals surface area (Å²) in [5.74, 6) is 0.666. The molecule has 1 heterocycles. The number of anilines is 1. The topological polar surface area (TPSA) is 44.4 Å². The SMILES string of the molecule is O=C(CNCC1CCN(C2CC2)C1)Nc1cccc(Cl)c1. The van der Waals surface area contributed by atoms with E-state index >= 15 is 0 Å². The van der Waals surface area contributed by atoms with Gasteiger partial charge in [0.15, 0.2) is 0 Å². The molecule has 1 unspecified atom stereocenters. The number of rotatable bonds is 6. The van der Waals surface area contributed by atoms with Crippen molar-refractivity contribution in [3.63, 3.8) is 0 Å².